The van der Waals surface area contributed by atoms with E-state index in [-0.39, 0.29) is 0 Å². The first-order valence-electron chi connectivity index (χ1n) is 5.89. The van der Waals surface area contributed by atoms with E-state index in [4.69, 9.17) is 5.73 Å². The van der Waals surface area contributed by atoms with Gasteiger partial charge in [-0.1, -0.05) is 34.1 Å². The summed E-state index contributed by atoms with van der Waals surface area (Å²) in [7, 11) is 0. The van der Waals surface area contributed by atoms with Gasteiger partial charge < -0.3 is 5.73 Å². The van der Waals surface area contributed by atoms with Crippen LogP contribution >= 0.6 is 0 Å². The fraction of sp³-hybridized carbons (Fsp3) is 0.917. The van der Waals surface area contributed by atoms with E-state index in [1.807, 2.05) is 0 Å². The standard InChI is InChI=1S/C12H24N2/c1-5-10-6-7-11(9(10)4)14-12(13)8(2)3/h8-11H,5-7H2,1-4H3,(H2,13,14). The van der Waals surface area contributed by atoms with E-state index in [0.29, 0.717) is 12.0 Å². The Morgan fingerprint density at radius 1 is 1.43 bits per heavy atom. The second-order valence-corrected chi connectivity index (χ2v) is 4.88. The highest BCUT2D eigenvalue weighted by molar-refractivity contribution is 5.82. The van der Waals surface area contributed by atoms with E-state index >= 15 is 0 Å². The second kappa shape index (κ2) is 4.81. The summed E-state index contributed by atoms with van der Waals surface area (Å²) >= 11 is 0. The second-order valence-electron chi connectivity index (χ2n) is 4.88. The summed E-state index contributed by atoms with van der Waals surface area (Å²) in [6.07, 6.45) is 3.85. The Labute approximate surface area is 88.0 Å². The Balaban J connectivity index is 2.59. The number of hydrogen-bond donors (Lipinski definition) is 1. The maximum Gasteiger partial charge on any atom is 0.0966 e. The largest absolute Gasteiger partial charge is 0.387 e. The zero-order valence-electron chi connectivity index (χ0n) is 9.96. The average Bonchev–Trinajstić information content (AvgIpc) is 2.47. The van der Waals surface area contributed by atoms with Gasteiger partial charge in [0.25, 0.3) is 0 Å². The number of amidine groups is 1. The van der Waals surface area contributed by atoms with Crippen LogP contribution in [0.1, 0.15) is 47.0 Å². The first-order valence-corrected chi connectivity index (χ1v) is 5.89. The Kier molecular flexibility index (Phi) is 3.97. The molecule has 0 aliphatic heterocycles. The molecular weight excluding hydrogens is 172 g/mol. The first-order chi connectivity index (χ1) is 6.56. The lowest BCUT2D eigenvalue weighted by molar-refractivity contribution is 0.382. The Morgan fingerprint density at radius 3 is 2.50 bits per heavy atom. The smallest absolute Gasteiger partial charge is 0.0966 e. The first kappa shape index (κ1) is 11.5. The van der Waals surface area contributed by atoms with Crippen LogP contribution in [0.2, 0.25) is 0 Å². The maximum absolute atomic E-state index is 5.90. The molecule has 1 saturated carbocycles. The molecule has 2 nitrogen and oxygen atoms in total. The Hall–Kier alpha value is -0.530. The highest BCUT2D eigenvalue weighted by atomic mass is 14.9. The van der Waals surface area contributed by atoms with Crippen LogP contribution in [0.25, 0.3) is 0 Å². The predicted octanol–water partition coefficient (Wildman–Crippen LogP) is 2.82. The summed E-state index contributed by atoms with van der Waals surface area (Å²) in [4.78, 5) is 4.65. The van der Waals surface area contributed by atoms with Crippen molar-refractivity contribution in [3.05, 3.63) is 0 Å². The van der Waals surface area contributed by atoms with E-state index in [1.54, 1.807) is 0 Å². The van der Waals surface area contributed by atoms with Crippen molar-refractivity contribution in [1.29, 1.82) is 0 Å². The van der Waals surface area contributed by atoms with E-state index in [0.717, 1.165) is 17.7 Å². The van der Waals surface area contributed by atoms with E-state index in [1.165, 1.54) is 19.3 Å². The molecule has 1 aliphatic carbocycles. The molecular formula is C12H24N2. The quantitative estimate of drug-likeness (QED) is 0.547. The molecule has 3 unspecified atom stereocenters. The summed E-state index contributed by atoms with van der Waals surface area (Å²) in [6, 6.07) is 0.488. The molecule has 0 spiro atoms. The Morgan fingerprint density at radius 2 is 2.07 bits per heavy atom. The number of nitrogens with two attached hydrogens (primary N) is 1. The maximum atomic E-state index is 5.90. The van der Waals surface area contributed by atoms with Gasteiger partial charge in [0.05, 0.1) is 11.9 Å². The van der Waals surface area contributed by atoms with Crippen LogP contribution in [0.3, 0.4) is 0 Å². The molecule has 0 aromatic heterocycles. The lowest BCUT2D eigenvalue weighted by Gasteiger charge is -2.17. The van der Waals surface area contributed by atoms with E-state index in [2.05, 4.69) is 32.7 Å². The molecule has 3 atom stereocenters. The van der Waals surface area contributed by atoms with Gasteiger partial charge in [-0.05, 0) is 24.7 Å². The highest BCUT2D eigenvalue weighted by Crippen LogP contribution is 2.35. The Bertz CT molecular complexity index is 208. The third kappa shape index (κ3) is 2.49. The SMILES string of the molecule is CCC1CCC(N=C(N)C(C)C)C1C. The van der Waals surface area contributed by atoms with Crippen molar-refractivity contribution in [3.8, 4) is 0 Å². The van der Waals surface area contributed by atoms with E-state index in [9.17, 15) is 0 Å². The van der Waals surface area contributed by atoms with Gasteiger partial charge >= 0.3 is 0 Å². The summed E-state index contributed by atoms with van der Waals surface area (Å²) < 4.78 is 0. The van der Waals surface area contributed by atoms with Crippen molar-refractivity contribution in [2.75, 3.05) is 0 Å². The third-order valence-electron chi connectivity index (χ3n) is 3.61. The molecule has 82 valence electrons. The van der Waals surface area contributed by atoms with Gasteiger partial charge in [-0.2, -0.15) is 0 Å². The van der Waals surface area contributed by atoms with Gasteiger partial charge in [0.2, 0.25) is 0 Å². The van der Waals surface area contributed by atoms with Crippen LogP contribution in [-0.4, -0.2) is 11.9 Å². The number of aliphatic imine (C=N–C) groups is 1. The molecule has 14 heavy (non-hydrogen) atoms. The molecule has 1 rings (SSSR count). The molecule has 1 fully saturated rings. The molecule has 2 heteroatoms. The van der Waals surface area contributed by atoms with Crippen molar-refractivity contribution in [3.63, 3.8) is 0 Å². The van der Waals surface area contributed by atoms with Crippen LogP contribution in [-0.2, 0) is 0 Å². The zero-order chi connectivity index (χ0) is 10.7. The lowest BCUT2D eigenvalue weighted by Crippen LogP contribution is -2.24. The third-order valence-corrected chi connectivity index (χ3v) is 3.61. The highest BCUT2D eigenvalue weighted by Gasteiger charge is 2.31. The predicted molar refractivity (Wildman–Crippen MR) is 62.4 cm³/mol. The van der Waals surface area contributed by atoms with Crippen LogP contribution in [0, 0.1) is 17.8 Å². The fourth-order valence-corrected chi connectivity index (χ4v) is 2.32. The lowest BCUT2D eigenvalue weighted by atomic mass is 9.94. The van der Waals surface area contributed by atoms with Gasteiger partial charge in [0.15, 0.2) is 0 Å². The van der Waals surface area contributed by atoms with Crippen LogP contribution in [0.5, 0.6) is 0 Å². The van der Waals surface area contributed by atoms with Crippen molar-refractivity contribution < 1.29 is 0 Å². The summed E-state index contributed by atoms with van der Waals surface area (Å²) in [6.45, 7) is 8.81. The van der Waals surface area contributed by atoms with E-state index < -0.39 is 0 Å². The monoisotopic (exact) mass is 196 g/mol. The van der Waals surface area contributed by atoms with Gasteiger partial charge in [0.1, 0.15) is 0 Å². The molecule has 0 radical (unpaired) electrons. The van der Waals surface area contributed by atoms with Crippen LogP contribution < -0.4 is 5.73 Å². The molecule has 0 aromatic rings. The van der Waals surface area contributed by atoms with Crippen LogP contribution in [0.4, 0.5) is 0 Å². The number of nitrogens with zero attached hydrogens (tertiary/aromatic N) is 1. The van der Waals surface area contributed by atoms with Gasteiger partial charge in [-0.25, -0.2) is 0 Å². The molecule has 0 aromatic carbocycles. The minimum absolute atomic E-state index is 0.392. The topological polar surface area (TPSA) is 38.4 Å². The summed E-state index contributed by atoms with van der Waals surface area (Å²) in [5, 5.41) is 0. The molecule has 0 heterocycles. The average molecular weight is 196 g/mol. The summed E-state index contributed by atoms with van der Waals surface area (Å²) in [5.41, 5.74) is 5.90. The zero-order valence-corrected chi connectivity index (χ0v) is 9.96. The number of hydrogen-bond acceptors (Lipinski definition) is 1. The van der Waals surface area contributed by atoms with Crippen molar-refractivity contribution >= 4 is 5.84 Å². The van der Waals surface area contributed by atoms with Gasteiger partial charge in [0, 0.05) is 5.92 Å². The van der Waals surface area contributed by atoms with Crippen molar-refractivity contribution in [1.82, 2.24) is 0 Å². The molecule has 0 amide bonds. The minimum Gasteiger partial charge on any atom is -0.387 e. The molecule has 2 N–H and O–H groups in total. The van der Waals surface area contributed by atoms with Crippen molar-refractivity contribution in [2.45, 2.75) is 53.0 Å². The normalized spacial score (nSPS) is 34.1. The number of rotatable bonds is 3. The summed E-state index contributed by atoms with van der Waals surface area (Å²) in [5.74, 6) is 2.81. The van der Waals surface area contributed by atoms with Crippen LogP contribution in [0.15, 0.2) is 4.99 Å². The molecule has 0 saturated heterocycles. The molecule has 1 aliphatic rings. The minimum atomic E-state index is 0.392. The van der Waals surface area contributed by atoms with Crippen molar-refractivity contribution in [2.24, 2.45) is 28.5 Å². The van der Waals surface area contributed by atoms with Gasteiger partial charge in [-0.3, -0.25) is 4.99 Å². The molecule has 0 bridgehead atoms. The fourth-order valence-electron chi connectivity index (χ4n) is 2.32. The van der Waals surface area contributed by atoms with Gasteiger partial charge in [-0.15, -0.1) is 0 Å².